The summed E-state index contributed by atoms with van der Waals surface area (Å²) in [5.41, 5.74) is 3.77. The fraction of sp³-hybridized carbons (Fsp3) is 0.310. The third kappa shape index (κ3) is 5.45. The SMILES string of the molecule is CC[C@H](O)COc1cc(-c2ccc(N3CCN(C(=O)Cc4ccccc4)CC3)nc2)c2c(C#N)cnn2c1. The van der Waals surface area contributed by atoms with Crippen LogP contribution in [0.4, 0.5) is 5.82 Å². The molecule has 1 saturated heterocycles. The minimum absolute atomic E-state index is 0.144. The number of hydrogen-bond donors (Lipinski definition) is 1. The number of hydrogen-bond acceptors (Lipinski definition) is 7. The zero-order valence-electron chi connectivity index (χ0n) is 21.3. The quantitative estimate of drug-likeness (QED) is 0.388. The van der Waals surface area contributed by atoms with Crippen LogP contribution in [0.2, 0.25) is 0 Å². The average molecular weight is 511 g/mol. The van der Waals surface area contributed by atoms with Crippen molar-refractivity contribution in [3.63, 3.8) is 0 Å². The lowest BCUT2D eigenvalue weighted by atomic mass is 10.1. The monoisotopic (exact) mass is 510 g/mol. The third-order valence-corrected chi connectivity index (χ3v) is 6.83. The van der Waals surface area contributed by atoms with E-state index in [9.17, 15) is 15.2 Å². The number of aliphatic hydroxyl groups is 1. The van der Waals surface area contributed by atoms with E-state index >= 15 is 0 Å². The van der Waals surface area contributed by atoms with Crippen molar-refractivity contribution in [2.45, 2.75) is 25.9 Å². The van der Waals surface area contributed by atoms with Crippen LogP contribution in [0, 0.1) is 11.3 Å². The minimum Gasteiger partial charge on any atom is -0.489 e. The molecule has 1 aliphatic heterocycles. The van der Waals surface area contributed by atoms with Crippen molar-refractivity contribution in [3.05, 3.63) is 78.2 Å². The molecule has 0 aliphatic carbocycles. The molecule has 194 valence electrons. The molecule has 1 atom stereocenters. The number of amides is 1. The van der Waals surface area contributed by atoms with E-state index in [2.05, 4.69) is 16.1 Å². The van der Waals surface area contributed by atoms with Gasteiger partial charge in [0.05, 0.1) is 36.0 Å². The lowest BCUT2D eigenvalue weighted by Crippen LogP contribution is -2.49. The van der Waals surface area contributed by atoms with E-state index in [1.54, 1.807) is 16.9 Å². The van der Waals surface area contributed by atoms with E-state index < -0.39 is 6.10 Å². The second-order valence-corrected chi connectivity index (χ2v) is 9.36. The van der Waals surface area contributed by atoms with Gasteiger partial charge in [0.1, 0.15) is 24.2 Å². The lowest BCUT2D eigenvalue weighted by molar-refractivity contribution is -0.130. The highest BCUT2D eigenvalue weighted by Crippen LogP contribution is 2.31. The number of carbonyl (C=O) groups excluding carboxylic acids is 1. The van der Waals surface area contributed by atoms with Crippen molar-refractivity contribution < 1.29 is 14.6 Å². The summed E-state index contributed by atoms with van der Waals surface area (Å²) >= 11 is 0. The molecule has 4 heterocycles. The Labute approximate surface area is 221 Å². The maximum atomic E-state index is 12.7. The molecule has 1 amide bonds. The van der Waals surface area contributed by atoms with Crippen LogP contribution in [0.3, 0.4) is 0 Å². The number of nitrogens with zero attached hydrogens (tertiary/aromatic N) is 6. The molecule has 0 spiro atoms. The highest BCUT2D eigenvalue weighted by atomic mass is 16.5. The van der Waals surface area contributed by atoms with Gasteiger partial charge in [0.25, 0.3) is 0 Å². The smallest absolute Gasteiger partial charge is 0.227 e. The summed E-state index contributed by atoms with van der Waals surface area (Å²) in [5.74, 6) is 1.53. The molecule has 9 nitrogen and oxygen atoms in total. The molecule has 9 heteroatoms. The number of anilines is 1. The summed E-state index contributed by atoms with van der Waals surface area (Å²) in [6.07, 6.45) is 5.48. The number of aliphatic hydroxyl groups excluding tert-OH is 1. The van der Waals surface area contributed by atoms with Crippen molar-refractivity contribution in [1.29, 1.82) is 5.26 Å². The molecule has 1 aromatic carbocycles. The number of nitriles is 1. The second kappa shape index (κ2) is 11.3. The van der Waals surface area contributed by atoms with E-state index in [1.807, 2.05) is 60.4 Å². The Balaban J connectivity index is 1.30. The number of rotatable bonds is 8. The highest BCUT2D eigenvalue weighted by molar-refractivity contribution is 5.85. The van der Waals surface area contributed by atoms with Crippen molar-refractivity contribution in [1.82, 2.24) is 19.5 Å². The molecule has 0 radical (unpaired) electrons. The fourth-order valence-corrected chi connectivity index (χ4v) is 4.59. The second-order valence-electron chi connectivity index (χ2n) is 9.36. The highest BCUT2D eigenvalue weighted by Gasteiger charge is 2.22. The lowest BCUT2D eigenvalue weighted by Gasteiger charge is -2.35. The van der Waals surface area contributed by atoms with Gasteiger partial charge in [0.15, 0.2) is 0 Å². The molecule has 1 fully saturated rings. The van der Waals surface area contributed by atoms with Gasteiger partial charge in [-0.3, -0.25) is 4.79 Å². The zero-order chi connectivity index (χ0) is 26.5. The molecule has 4 aromatic rings. The Morgan fingerprint density at radius 3 is 2.61 bits per heavy atom. The Morgan fingerprint density at radius 2 is 1.92 bits per heavy atom. The average Bonchev–Trinajstić information content (AvgIpc) is 3.39. The van der Waals surface area contributed by atoms with Crippen molar-refractivity contribution in [2.24, 2.45) is 0 Å². The summed E-state index contributed by atoms with van der Waals surface area (Å²) in [6.45, 7) is 4.79. The molecule has 0 unspecified atom stereocenters. The summed E-state index contributed by atoms with van der Waals surface area (Å²) in [4.78, 5) is 21.5. The van der Waals surface area contributed by atoms with E-state index in [1.165, 1.54) is 6.20 Å². The summed E-state index contributed by atoms with van der Waals surface area (Å²) < 4.78 is 7.43. The standard InChI is InChI=1S/C29H30N6O3/c1-2-24(36)20-38-25-15-26(29-23(16-30)18-32-35(29)19-25)22-8-9-27(31-17-22)33-10-12-34(13-11-33)28(37)14-21-6-4-3-5-7-21/h3-9,15,17-19,24,36H,2,10-14,20H2,1H3/t24-/m0/s1. The molecule has 1 aliphatic rings. The number of pyridine rings is 2. The van der Waals surface area contributed by atoms with Gasteiger partial charge >= 0.3 is 0 Å². The van der Waals surface area contributed by atoms with Gasteiger partial charge in [-0.05, 0) is 30.2 Å². The molecule has 3 aromatic heterocycles. The molecular weight excluding hydrogens is 480 g/mol. The van der Waals surface area contributed by atoms with E-state index in [4.69, 9.17) is 9.72 Å². The van der Waals surface area contributed by atoms with Crippen LogP contribution < -0.4 is 9.64 Å². The van der Waals surface area contributed by atoms with Gasteiger partial charge in [-0.1, -0.05) is 37.3 Å². The number of piperazine rings is 1. The molecular formula is C29H30N6O3. The molecule has 38 heavy (non-hydrogen) atoms. The van der Waals surface area contributed by atoms with Crippen molar-refractivity contribution >= 4 is 17.2 Å². The normalized spacial score (nSPS) is 14.3. The maximum absolute atomic E-state index is 12.7. The number of aromatic nitrogens is 3. The summed E-state index contributed by atoms with van der Waals surface area (Å²) in [5, 5.41) is 23.8. The van der Waals surface area contributed by atoms with Crippen LogP contribution in [0.5, 0.6) is 5.75 Å². The minimum atomic E-state index is -0.559. The first-order chi connectivity index (χ1) is 18.6. The van der Waals surface area contributed by atoms with Crippen LogP contribution in [0.15, 0.2) is 67.1 Å². The Morgan fingerprint density at radius 1 is 1.13 bits per heavy atom. The number of carbonyl (C=O) groups is 1. The number of benzene rings is 1. The van der Waals surface area contributed by atoms with E-state index in [0.717, 1.165) is 22.5 Å². The number of ether oxygens (including phenoxy) is 1. The largest absolute Gasteiger partial charge is 0.489 e. The predicted octanol–water partition coefficient (Wildman–Crippen LogP) is 3.31. The van der Waals surface area contributed by atoms with Crippen LogP contribution in [0.1, 0.15) is 24.5 Å². The predicted molar refractivity (Wildman–Crippen MR) is 144 cm³/mol. The molecule has 0 saturated carbocycles. The van der Waals surface area contributed by atoms with E-state index in [-0.39, 0.29) is 12.5 Å². The van der Waals surface area contributed by atoms with E-state index in [0.29, 0.717) is 55.9 Å². The molecule has 1 N–H and O–H groups in total. The van der Waals surface area contributed by atoms with Crippen LogP contribution in [0.25, 0.3) is 16.6 Å². The molecule has 5 rings (SSSR count). The van der Waals surface area contributed by atoms with Gasteiger partial charge in [-0.2, -0.15) is 10.4 Å². The Kier molecular flexibility index (Phi) is 7.52. The van der Waals surface area contributed by atoms with Gasteiger partial charge in [0.2, 0.25) is 5.91 Å². The molecule has 0 bridgehead atoms. The summed E-state index contributed by atoms with van der Waals surface area (Å²) in [7, 11) is 0. The van der Waals surface area contributed by atoms with Crippen LogP contribution in [-0.2, 0) is 11.2 Å². The van der Waals surface area contributed by atoms with Crippen molar-refractivity contribution in [3.8, 4) is 22.9 Å². The van der Waals surface area contributed by atoms with Crippen LogP contribution in [-0.4, -0.2) is 69.4 Å². The van der Waals surface area contributed by atoms with Gasteiger partial charge in [-0.25, -0.2) is 9.50 Å². The topological polar surface area (TPSA) is 107 Å². The van der Waals surface area contributed by atoms with Crippen LogP contribution >= 0.6 is 0 Å². The first-order valence-corrected chi connectivity index (χ1v) is 12.8. The first kappa shape index (κ1) is 25.2. The third-order valence-electron chi connectivity index (χ3n) is 6.83. The van der Waals surface area contributed by atoms with Gasteiger partial charge in [-0.15, -0.1) is 0 Å². The fourth-order valence-electron chi connectivity index (χ4n) is 4.59. The first-order valence-electron chi connectivity index (χ1n) is 12.8. The Bertz CT molecular complexity index is 1440. The maximum Gasteiger partial charge on any atom is 0.227 e. The van der Waals surface area contributed by atoms with Crippen molar-refractivity contribution in [2.75, 3.05) is 37.7 Å². The van der Waals surface area contributed by atoms with Gasteiger partial charge in [0, 0.05) is 43.5 Å². The summed E-state index contributed by atoms with van der Waals surface area (Å²) in [6, 6.07) is 17.8. The Hall–Kier alpha value is -4.42. The van der Waals surface area contributed by atoms with Gasteiger partial charge < -0.3 is 19.6 Å². The zero-order valence-corrected chi connectivity index (χ0v) is 21.3. The number of fused-ring (bicyclic) bond motifs is 1.